The first kappa shape index (κ1) is 11.7. The quantitative estimate of drug-likeness (QED) is 0.689. The Hall–Kier alpha value is -1.74. The first-order valence-corrected chi connectivity index (χ1v) is 5.69. The largest absolute Gasteiger partial charge is 0.481 e. The third-order valence-electron chi connectivity index (χ3n) is 2.29. The summed E-state index contributed by atoms with van der Waals surface area (Å²) in [5, 5.41) is 21.4. The number of rotatable bonds is 3. The monoisotopic (exact) mass is 258 g/mol. The number of carboxylic acid groups (broad SMARTS) is 1. The number of aromatic nitrogens is 2. The van der Waals surface area contributed by atoms with Gasteiger partial charge in [0.25, 0.3) is 0 Å². The molecule has 1 aromatic rings. The minimum absolute atomic E-state index is 0.110. The fourth-order valence-electron chi connectivity index (χ4n) is 1.47. The Morgan fingerprint density at radius 1 is 1.53 bits per heavy atom. The van der Waals surface area contributed by atoms with Crippen LogP contribution in [0.5, 0.6) is 0 Å². The Morgan fingerprint density at radius 3 is 3.00 bits per heavy atom. The fourth-order valence-corrected chi connectivity index (χ4v) is 1.91. The summed E-state index contributed by atoms with van der Waals surface area (Å²) in [5.41, 5.74) is 1.48. The van der Waals surface area contributed by atoms with E-state index in [-0.39, 0.29) is 13.2 Å². The van der Waals surface area contributed by atoms with Crippen LogP contribution >= 0.6 is 11.3 Å². The molecule has 2 amide bonds. The zero-order valence-electron chi connectivity index (χ0n) is 8.62. The van der Waals surface area contributed by atoms with Gasteiger partial charge in [0.15, 0.2) is 0 Å². The Balaban J connectivity index is 1.88. The van der Waals surface area contributed by atoms with Crippen molar-refractivity contribution in [2.75, 3.05) is 18.5 Å². The van der Waals surface area contributed by atoms with Gasteiger partial charge in [-0.2, -0.15) is 0 Å². The molecule has 0 radical (unpaired) electrons. The number of aliphatic carboxylic acids is 1. The number of carboxylic acids is 1. The van der Waals surface area contributed by atoms with Gasteiger partial charge in [-0.3, -0.25) is 10.1 Å². The number of hydrogen-bond acceptors (Lipinski definition) is 6. The van der Waals surface area contributed by atoms with Crippen LogP contribution in [0.25, 0.3) is 0 Å². The molecule has 2 rings (SSSR count). The van der Waals surface area contributed by atoms with Crippen LogP contribution in [0.4, 0.5) is 9.93 Å². The molecule has 1 fully saturated rings. The van der Waals surface area contributed by atoms with Gasteiger partial charge in [0.05, 0.1) is 19.3 Å². The van der Waals surface area contributed by atoms with Gasteiger partial charge in [0.1, 0.15) is 11.4 Å². The lowest BCUT2D eigenvalue weighted by molar-refractivity contribution is -0.142. The maximum absolute atomic E-state index is 11.5. The van der Waals surface area contributed by atoms with Crippen LogP contribution in [0.1, 0.15) is 0 Å². The number of carbonyl (C=O) groups excluding carboxylic acids is 1. The number of ether oxygens (including phenoxy) is 1. The molecule has 1 aliphatic heterocycles. The molecule has 2 atom stereocenters. The van der Waals surface area contributed by atoms with Crippen LogP contribution in [0, 0.1) is 5.92 Å². The van der Waals surface area contributed by atoms with Crippen LogP contribution in [-0.4, -0.2) is 46.6 Å². The van der Waals surface area contributed by atoms with E-state index in [0.717, 1.165) is 0 Å². The van der Waals surface area contributed by atoms with Crippen molar-refractivity contribution >= 4 is 28.5 Å². The molecule has 0 aliphatic carbocycles. The van der Waals surface area contributed by atoms with Crippen molar-refractivity contribution in [2.45, 2.75) is 6.04 Å². The van der Waals surface area contributed by atoms with Gasteiger partial charge >= 0.3 is 12.0 Å². The molecule has 9 heteroatoms. The van der Waals surface area contributed by atoms with E-state index in [0.29, 0.717) is 5.13 Å². The molecular formula is C8H10N4O4S. The number of anilines is 1. The molecule has 0 bridgehead atoms. The highest BCUT2D eigenvalue weighted by Gasteiger charge is 2.35. The minimum atomic E-state index is -0.983. The number of hydrogen-bond donors (Lipinski definition) is 3. The van der Waals surface area contributed by atoms with Crippen LogP contribution in [-0.2, 0) is 9.53 Å². The molecule has 1 saturated heterocycles. The fraction of sp³-hybridized carbons (Fsp3) is 0.500. The summed E-state index contributed by atoms with van der Waals surface area (Å²) >= 11 is 1.17. The zero-order chi connectivity index (χ0) is 12.3. The number of amides is 2. The molecule has 1 aliphatic rings. The Morgan fingerprint density at radius 2 is 2.35 bits per heavy atom. The van der Waals surface area contributed by atoms with Crippen molar-refractivity contribution in [3.63, 3.8) is 0 Å². The summed E-state index contributed by atoms with van der Waals surface area (Å²) in [6.45, 7) is 0.305. The molecular weight excluding hydrogens is 248 g/mol. The van der Waals surface area contributed by atoms with Crippen LogP contribution in [0.3, 0.4) is 0 Å². The van der Waals surface area contributed by atoms with Crippen molar-refractivity contribution in [1.29, 1.82) is 0 Å². The van der Waals surface area contributed by atoms with E-state index in [1.807, 2.05) is 0 Å². The van der Waals surface area contributed by atoms with Gasteiger partial charge in [-0.05, 0) is 0 Å². The summed E-state index contributed by atoms with van der Waals surface area (Å²) in [5.74, 6) is -1.70. The number of nitrogens with one attached hydrogen (secondary N) is 2. The number of urea groups is 1. The van der Waals surface area contributed by atoms with Gasteiger partial charge in [-0.25, -0.2) is 4.79 Å². The molecule has 0 saturated carbocycles. The van der Waals surface area contributed by atoms with Gasteiger partial charge in [0, 0.05) is 0 Å². The van der Waals surface area contributed by atoms with Crippen molar-refractivity contribution in [2.24, 2.45) is 5.92 Å². The Labute approximate surface area is 100.0 Å². The molecule has 0 aromatic carbocycles. The molecule has 2 unspecified atom stereocenters. The summed E-state index contributed by atoms with van der Waals surface area (Å²) in [6.07, 6.45) is 0. The molecule has 1 aromatic heterocycles. The maximum Gasteiger partial charge on any atom is 0.321 e. The standard InChI is InChI=1S/C8H10N4O4S/c13-6(14)4-1-16-2-5(4)10-7(15)11-8-12-9-3-17-8/h3-5H,1-2H2,(H,13,14)(H2,10,11,12,15). The summed E-state index contributed by atoms with van der Waals surface area (Å²) in [7, 11) is 0. The molecule has 17 heavy (non-hydrogen) atoms. The average molecular weight is 258 g/mol. The lowest BCUT2D eigenvalue weighted by Crippen LogP contribution is -2.44. The molecule has 0 spiro atoms. The van der Waals surface area contributed by atoms with E-state index in [9.17, 15) is 9.59 Å². The van der Waals surface area contributed by atoms with Gasteiger partial charge in [-0.1, -0.05) is 11.3 Å². The third kappa shape index (κ3) is 2.88. The second-order valence-electron chi connectivity index (χ2n) is 3.43. The van der Waals surface area contributed by atoms with E-state index in [1.165, 1.54) is 16.8 Å². The molecule has 3 N–H and O–H groups in total. The van der Waals surface area contributed by atoms with Gasteiger partial charge in [-0.15, -0.1) is 10.2 Å². The predicted molar refractivity (Wildman–Crippen MR) is 57.8 cm³/mol. The minimum Gasteiger partial charge on any atom is -0.481 e. The van der Waals surface area contributed by atoms with Crippen molar-refractivity contribution in [3.8, 4) is 0 Å². The van der Waals surface area contributed by atoms with E-state index in [4.69, 9.17) is 9.84 Å². The Bertz CT molecular complexity index is 410. The maximum atomic E-state index is 11.5. The highest BCUT2D eigenvalue weighted by molar-refractivity contribution is 7.13. The second-order valence-corrected chi connectivity index (χ2v) is 4.26. The van der Waals surface area contributed by atoms with E-state index < -0.39 is 24.0 Å². The first-order chi connectivity index (χ1) is 8.16. The third-order valence-corrected chi connectivity index (χ3v) is 2.90. The van der Waals surface area contributed by atoms with Crippen molar-refractivity contribution in [1.82, 2.24) is 15.5 Å². The highest BCUT2D eigenvalue weighted by atomic mass is 32.1. The normalized spacial score (nSPS) is 23.3. The summed E-state index contributed by atoms with van der Waals surface area (Å²) < 4.78 is 5.02. The second kappa shape index (κ2) is 5.06. The van der Waals surface area contributed by atoms with Gasteiger partial charge in [0.2, 0.25) is 5.13 Å². The SMILES string of the molecule is O=C(Nc1nncs1)NC1COCC1C(=O)O. The van der Waals surface area contributed by atoms with Crippen LogP contribution < -0.4 is 10.6 Å². The zero-order valence-corrected chi connectivity index (χ0v) is 9.44. The lowest BCUT2D eigenvalue weighted by Gasteiger charge is -2.15. The Kier molecular flexibility index (Phi) is 3.49. The smallest absolute Gasteiger partial charge is 0.321 e. The molecule has 8 nitrogen and oxygen atoms in total. The lowest BCUT2D eigenvalue weighted by atomic mass is 10.0. The van der Waals surface area contributed by atoms with Crippen LogP contribution in [0.2, 0.25) is 0 Å². The number of nitrogens with zero attached hydrogens (tertiary/aromatic N) is 2. The predicted octanol–water partition coefficient (Wildman–Crippen LogP) is -0.241. The van der Waals surface area contributed by atoms with Crippen molar-refractivity contribution < 1.29 is 19.4 Å². The van der Waals surface area contributed by atoms with Crippen molar-refractivity contribution in [3.05, 3.63) is 5.51 Å². The number of carbonyl (C=O) groups is 2. The summed E-state index contributed by atoms with van der Waals surface area (Å²) in [6, 6.07) is -1.04. The van der Waals surface area contributed by atoms with Gasteiger partial charge < -0.3 is 15.2 Å². The molecule has 92 valence electrons. The van der Waals surface area contributed by atoms with E-state index in [1.54, 1.807) is 0 Å². The first-order valence-electron chi connectivity index (χ1n) is 4.81. The van der Waals surface area contributed by atoms with Crippen LogP contribution in [0.15, 0.2) is 5.51 Å². The molecule has 2 heterocycles. The highest BCUT2D eigenvalue weighted by Crippen LogP contribution is 2.14. The van der Waals surface area contributed by atoms with E-state index in [2.05, 4.69) is 20.8 Å². The average Bonchev–Trinajstić information content (AvgIpc) is 2.88. The topological polar surface area (TPSA) is 113 Å². The summed E-state index contributed by atoms with van der Waals surface area (Å²) in [4.78, 5) is 22.3. The van der Waals surface area contributed by atoms with E-state index >= 15 is 0 Å².